The van der Waals surface area contributed by atoms with Crippen LogP contribution in [0.5, 0.6) is 0 Å². The first-order valence-corrected chi connectivity index (χ1v) is 7.63. The molecule has 4 nitrogen and oxygen atoms in total. The summed E-state index contributed by atoms with van der Waals surface area (Å²) in [5.74, 6) is 0.820. The summed E-state index contributed by atoms with van der Waals surface area (Å²) < 4.78 is 0. The number of non-ortho nitro benzene ring substituents is 1. The Morgan fingerprint density at radius 2 is 1.90 bits per heavy atom. The molecule has 1 aliphatic carbocycles. The molecule has 110 valence electrons. The summed E-state index contributed by atoms with van der Waals surface area (Å²) in [4.78, 5) is 10.2. The highest BCUT2D eigenvalue weighted by molar-refractivity contribution is 5.32. The lowest BCUT2D eigenvalue weighted by Gasteiger charge is -2.28. The van der Waals surface area contributed by atoms with Gasteiger partial charge in [0.2, 0.25) is 0 Å². The highest BCUT2D eigenvalue weighted by Gasteiger charge is 2.19. The van der Waals surface area contributed by atoms with E-state index >= 15 is 0 Å². The van der Waals surface area contributed by atoms with Crippen LogP contribution in [-0.4, -0.2) is 17.5 Å². The number of hydrogen-bond donors (Lipinski definition) is 1. The predicted octanol–water partition coefficient (Wildman–Crippen LogP) is 3.70. The van der Waals surface area contributed by atoms with Crippen molar-refractivity contribution in [2.45, 2.75) is 51.5 Å². The van der Waals surface area contributed by atoms with E-state index in [1.165, 1.54) is 32.1 Å². The third-order valence-corrected chi connectivity index (χ3v) is 4.38. The van der Waals surface area contributed by atoms with Crippen molar-refractivity contribution in [2.24, 2.45) is 5.92 Å². The van der Waals surface area contributed by atoms with Gasteiger partial charge in [0, 0.05) is 18.2 Å². The van der Waals surface area contributed by atoms with Gasteiger partial charge in [-0.2, -0.15) is 0 Å². The molecule has 0 bridgehead atoms. The summed E-state index contributed by atoms with van der Waals surface area (Å²) in [7, 11) is 0. The lowest BCUT2D eigenvalue weighted by molar-refractivity contribution is -0.384. The molecule has 0 unspecified atom stereocenters. The Hall–Kier alpha value is -1.42. The molecular weight excluding hydrogens is 252 g/mol. The number of nitro benzene ring substituents is 1. The van der Waals surface area contributed by atoms with E-state index in [0.717, 1.165) is 24.4 Å². The largest absolute Gasteiger partial charge is 0.314 e. The normalized spacial score (nSPS) is 17.9. The standard InChI is InChI=1S/C16H24N2O2/c1-13(15-5-3-2-4-6-15)17-12-11-14-7-9-16(10-8-14)18(19)20/h7-10,13,15,17H,2-6,11-12H2,1H3/t13-/m1/s1. The molecule has 0 aliphatic heterocycles. The van der Waals surface area contributed by atoms with Gasteiger partial charge in [0.05, 0.1) is 4.92 Å². The van der Waals surface area contributed by atoms with Gasteiger partial charge in [0.1, 0.15) is 0 Å². The van der Waals surface area contributed by atoms with Gasteiger partial charge in [0.25, 0.3) is 5.69 Å². The van der Waals surface area contributed by atoms with Crippen LogP contribution in [0.15, 0.2) is 24.3 Å². The van der Waals surface area contributed by atoms with Crippen molar-refractivity contribution in [3.05, 3.63) is 39.9 Å². The van der Waals surface area contributed by atoms with Crippen LogP contribution in [0.25, 0.3) is 0 Å². The van der Waals surface area contributed by atoms with E-state index in [4.69, 9.17) is 0 Å². The van der Waals surface area contributed by atoms with Gasteiger partial charge in [-0.1, -0.05) is 31.4 Å². The van der Waals surface area contributed by atoms with Gasteiger partial charge in [-0.3, -0.25) is 10.1 Å². The van der Waals surface area contributed by atoms with E-state index in [0.29, 0.717) is 6.04 Å². The minimum atomic E-state index is -0.354. The molecule has 2 rings (SSSR count). The third kappa shape index (κ3) is 4.30. The van der Waals surface area contributed by atoms with Crippen molar-refractivity contribution in [2.75, 3.05) is 6.54 Å². The zero-order valence-electron chi connectivity index (χ0n) is 12.2. The van der Waals surface area contributed by atoms with Crippen LogP contribution in [0, 0.1) is 16.0 Å². The molecule has 1 N–H and O–H groups in total. The number of nitrogens with zero attached hydrogens (tertiary/aromatic N) is 1. The fourth-order valence-electron chi connectivity index (χ4n) is 3.03. The maximum absolute atomic E-state index is 10.6. The fourth-order valence-corrected chi connectivity index (χ4v) is 3.03. The molecule has 1 aromatic carbocycles. The second-order valence-electron chi connectivity index (χ2n) is 5.81. The molecule has 1 atom stereocenters. The van der Waals surface area contributed by atoms with Crippen molar-refractivity contribution in [3.63, 3.8) is 0 Å². The van der Waals surface area contributed by atoms with Crippen molar-refractivity contribution in [1.29, 1.82) is 0 Å². The van der Waals surface area contributed by atoms with Gasteiger partial charge in [-0.15, -0.1) is 0 Å². The second-order valence-corrected chi connectivity index (χ2v) is 5.81. The summed E-state index contributed by atoms with van der Waals surface area (Å²) >= 11 is 0. The molecule has 0 saturated heterocycles. The number of hydrogen-bond acceptors (Lipinski definition) is 3. The first kappa shape index (κ1) is 15.0. The summed E-state index contributed by atoms with van der Waals surface area (Å²) in [6.45, 7) is 3.22. The molecule has 0 radical (unpaired) electrons. The Balaban J connectivity index is 1.73. The number of nitrogens with one attached hydrogen (secondary N) is 1. The summed E-state index contributed by atoms with van der Waals surface area (Å²) in [6, 6.07) is 7.45. The minimum absolute atomic E-state index is 0.164. The lowest BCUT2D eigenvalue weighted by atomic mass is 9.84. The molecule has 1 saturated carbocycles. The Morgan fingerprint density at radius 1 is 1.25 bits per heavy atom. The molecule has 1 aromatic rings. The van der Waals surface area contributed by atoms with Gasteiger partial charge in [-0.25, -0.2) is 0 Å². The molecule has 0 amide bonds. The summed E-state index contributed by atoms with van der Waals surface area (Å²) in [6.07, 6.45) is 7.77. The van der Waals surface area contributed by atoms with Crippen LogP contribution in [-0.2, 0) is 6.42 Å². The number of benzene rings is 1. The van der Waals surface area contributed by atoms with Crippen molar-refractivity contribution in [1.82, 2.24) is 5.32 Å². The first-order chi connectivity index (χ1) is 9.66. The molecule has 4 heteroatoms. The van der Waals surface area contributed by atoms with Crippen molar-refractivity contribution >= 4 is 5.69 Å². The van der Waals surface area contributed by atoms with Gasteiger partial charge in [0.15, 0.2) is 0 Å². The maximum atomic E-state index is 10.6. The molecule has 0 heterocycles. The van der Waals surface area contributed by atoms with E-state index in [1.807, 2.05) is 12.1 Å². The molecule has 20 heavy (non-hydrogen) atoms. The van der Waals surface area contributed by atoms with E-state index < -0.39 is 0 Å². The highest BCUT2D eigenvalue weighted by Crippen LogP contribution is 2.26. The van der Waals surface area contributed by atoms with Crippen LogP contribution in [0.1, 0.15) is 44.6 Å². The topological polar surface area (TPSA) is 55.2 Å². The Kier molecular flexibility index (Phi) is 5.53. The molecule has 1 aliphatic rings. The quantitative estimate of drug-likeness (QED) is 0.636. The Morgan fingerprint density at radius 3 is 2.50 bits per heavy atom. The Bertz CT molecular complexity index is 425. The van der Waals surface area contributed by atoms with Gasteiger partial charge >= 0.3 is 0 Å². The van der Waals surface area contributed by atoms with Crippen LogP contribution >= 0.6 is 0 Å². The van der Waals surface area contributed by atoms with Crippen LogP contribution in [0.4, 0.5) is 5.69 Å². The smallest absolute Gasteiger partial charge is 0.269 e. The van der Waals surface area contributed by atoms with E-state index in [-0.39, 0.29) is 10.6 Å². The maximum Gasteiger partial charge on any atom is 0.269 e. The Labute approximate surface area is 120 Å². The predicted molar refractivity (Wildman–Crippen MR) is 80.8 cm³/mol. The highest BCUT2D eigenvalue weighted by atomic mass is 16.6. The van der Waals surface area contributed by atoms with E-state index in [1.54, 1.807) is 12.1 Å². The van der Waals surface area contributed by atoms with Crippen molar-refractivity contribution < 1.29 is 4.92 Å². The monoisotopic (exact) mass is 276 g/mol. The van der Waals surface area contributed by atoms with Gasteiger partial charge < -0.3 is 5.32 Å². The second kappa shape index (κ2) is 7.39. The number of nitro groups is 1. The zero-order valence-corrected chi connectivity index (χ0v) is 12.2. The van der Waals surface area contributed by atoms with Gasteiger partial charge in [-0.05, 0) is 44.2 Å². The van der Waals surface area contributed by atoms with Crippen LogP contribution < -0.4 is 5.32 Å². The first-order valence-electron chi connectivity index (χ1n) is 7.63. The van der Waals surface area contributed by atoms with Crippen LogP contribution in [0.3, 0.4) is 0 Å². The molecule has 0 aromatic heterocycles. The summed E-state index contributed by atoms with van der Waals surface area (Å²) in [5.41, 5.74) is 1.32. The van der Waals surface area contributed by atoms with Crippen LogP contribution in [0.2, 0.25) is 0 Å². The number of rotatable bonds is 6. The SMILES string of the molecule is C[C@@H](NCCc1ccc([N+](=O)[O-])cc1)C1CCCCC1. The average Bonchev–Trinajstić information content (AvgIpc) is 2.48. The zero-order chi connectivity index (χ0) is 14.4. The minimum Gasteiger partial charge on any atom is -0.314 e. The molecule has 0 spiro atoms. The van der Waals surface area contributed by atoms with E-state index in [2.05, 4.69) is 12.2 Å². The third-order valence-electron chi connectivity index (χ3n) is 4.38. The van der Waals surface area contributed by atoms with E-state index in [9.17, 15) is 10.1 Å². The lowest BCUT2D eigenvalue weighted by Crippen LogP contribution is -2.35. The molecular formula is C16H24N2O2. The molecule has 1 fully saturated rings. The average molecular weight is 276 g/mol. The fraction of sp³-hybridized carbons (Fsp3) is 0.625. The van der Waals surface area contributed by atoms with Crippen molar-refractivity contribution in [3.8, 4) is 0 Å². The summed E-state index contributed by atoms with van der Waals surface area (Å²) in [5, 5.41) is 14.2.